The Morgan fingerprint density at radius 1 is 0.913 bits per heavy atom. The van der Waals surface area contributed by atoms with Crippen LogP contribution in [0.25, 0.3) is 0 Å². The quantitative estimate of drug-likeness (QED) is 0.706. The van der Waals surface area contributed by atoms with Gasteiger partial charge in [0, 0.05) is 58.8 Å². The molecule has 0 unspecified atom stereocenters. The number of rotatable bonds is 5. The van der Waals surface area contributed by atoms with E-state index in [2.05, 4.69) is 18.7 Å². The molecule has 23 heavy (non-hydrogen) atoms. The average Bonchev–Trinajstić information content (AvgIpc) is 2.53. The molecule has 0 radical (unpaired) electrons. The second-order valence-corrected chi connectivity index (χ2v) is 8.85. The summed E-state index contributed by atoms with van der Waals surface area (Å²) < 4.78 is 28.4. The molecule has 0 aliphatic carbocycles. The molecule has 0 atom stereocenters. The SMILES string of the molecule is CC(C)CCC(=O)N1CCN(S(=O)(=O)N2CCN(C)CC2)CC1. The molecule has 7 nitrogen and oxygen atoms in total. The molecule has 1 amide bonds. The summed E-state index contributed by atoms with van der Waals surface area (Å²) >= 11 is 0. The molecule has 2 saturated heterocycles. The number of likely N-dealkylation sites (N-methyl/N-ethyl adjacent to an activating group) is 1. The number of hydrogen-bond donors (Lipinski definition) is 0. The Kier molecular flexibility index (Phi) is 6.41. The average molecular weight is 346 g/mol. The van der Waals surface area contributed by atoms with Gasteiger partial charge in [-0.2, -0.15) is 17.0 Å². The third-order valence-corrected chi connectivity index (χ3v) is 6.68. The highest BCUT2D eigenvalue weighted by atomic mass is 32.2. The molecular formula is C15H30N4O3S. The maximum Gasteiger partial charge on any atom is 0.282 e. The van der Waals surface area contributed by atoms with Gasteiger partial charge in [-0.15, -0.1) is 0 Å². The number of carbonyl (C=O) groups excluding carboxylic acids is 1. The second-order valence-electron chi connectivity index (χ2n) is 6.92. The van der Waals surface area contributed by atoms with E-state index in [0.29, 0.717) is 51.6 Å². The van der Waals surface area contributed by atoms with Crippen molar-refractivity contribution in [3.05, 3.63) is 0 Å². The van der Waals surface area contributed by atoms with Crippen LogP contribution < -0.4 is 0 Å². The first-order valence-corrected chi connectivity index (χ1v) is 9.92. The number of carbonyl (C=O) groups is 1. The van der Waals surface area contributed by atoms with E-state index in [1.807, 2.05) is 7.05 Å². The summed E-state index contributed by atoms with van der Waals surface area (Å²) in [6.45, 7) is 8.66. The lowest BCUT2D eigenvalue weighted by atomic mass is 10.1. The van der Waals surface area contributed by atoms with Crippen molar-refractivity contribution in [1.29, 1.82) is 0 Å². The Bertz CT molecular complexity index is 493. The van der Waals surface area contributed by atoms with Crippen molar-refractivity contribution in [3.8, 4) is 0 Å². The van der Waals surface area contributed by atoms with Gasteiger partial charge in [0.25, 0.3) is 10.2 Å². The molecule has 0 N–H and O–H groups in total. The minimum atomic E-state index is -3.38. The summed E-state index contributed by atoms with van der Waals surface area (Å²) in [6.07, 6.45) is 1.45. The van der Waals surface area contributed by atoms with Gasteiger partial charge in [0.1, 0.15) is 0 Å². The second kappa shape index (κ2) is 7.92. The number of nitrogens with zero attached hydrogens (tertiary/aromatic N) is 4. The van der Waals surface area contributed by atoms with E-state index in [4.69, 9.17) is 0 Å². The van der Waals surface area contributed by atoms with Crippen LogP contribution in [-0.2, 0) is 15.0 Å². The molecule has 0 aromatic heterocycles. The zero-order chi connectivity index (χ0) is 17.0. The maximum atomic E-state index is 12.7. The lowest BCUT2D eigenvalue weighted by molar-refractivity contribution is -0.132. The van der Waals surface area contributed by atoms with E-state index in [9.17, 15) is 13.2 Å². The van der Waals surface area contributed by atoms with E-state index < -0.39 is 10.2 Å². The first-order chi connectivity index (χ1) is 10.8. The predicted molar refractivity (Wildman–Crippen MR) is 90.2 cm³/mol. The molecule has 2 fully saturated rings. The number of hydrogen-bond acceptors (Lipinski definition) is 4. The molecule has 2 rings (SSSR count). The summed E-state index contributed by atoms with van der Waals surface area (Å²) in [4.78, 5) is 16.1. The lowest BCUT2D eigenvalue weighted by Gasteiger charge is -2.39. The van der Waals surface area contributed by atoms with Crippen molar-refractivity contribution in [2.24, 2.45) is 5.92 Å². The van der Waals surface area contributed by atoms with Crippen LogP contribution >= 0.6 is 0 Å². The summed E-state index contributed by atoms with van der Waals surface area (Å²) in [5.74, 6) is 0.660. The largest absolute Gasteiger partial charge is 0.340 e. The molecule has 0 spiro atoms. The van der Waals surface area contributed by atoms with Crippen molar-refractivity contribution in [1.82, 2.24) is 18.4 Å². The Hall–Kier alpha value is -0.700. The van der Waals surface area contributed by atoms with Crippen molar-refractivity contribution in [2.45, 2.75) is 26.7 Å². The zero-order valence-electron chi connectivity index (χ0n) is 14.6. The van der Waals surface area contributed by atoms with Crippen LogP contribution in [0.5, 0.6) is 0 Å². The third-order valence-electron chi connectivity index (χ3n) is 4.64. The molecule has 2 heterocycles. The molecular weight excluding hydrogens is 316 g/mol. The fraction of sp³-hybridized carbons (Fsp3) is 0.933. The van der Waals surface area contributed by atoms with Crippen molar-refractivity contribution >= 4 is 16.1 Å². The summed E-state index contributed by atoms with van der Waals surface area (Å²) in [5.41, 5.74) is 0. The first kappa shape index (κ1) is 18.6. The molecule has 0 bridgehead atoms. The van der Waals surface area contributed by atoms with E-state index in [1.165, 1.54) is 4.31 Å². The van der Waals surface area contributed by atoms with Gasteiger partial charge >= 0.3 is 0 Å². The highest BCUT2D eigenvalue weighted by Crippen LogP contribution is 2.15. The Labute approximate surface area is 140 Å². The molecule has 2 aliphatic rings. The monoisotopic (exact) mass is 346 g/mol. The molecule has 0 aromatic carbocycles. The van der Waals surface area contributed by atoms with Crippen molar-refractivity contribution < 1.29 is 13.2 Å². The minimum Gasteiger partial charge on any atom is -0.340 e. The number of piperazine rings is 2. The van der Waals surface area contributed by atoms with Crippen LogP contribution in [0.1, 0.15) is 26.7 Å². The summed E-state index contributed by atoms with van der Waals surface area (Å²) in [7, 11) is -1.38. The Morgan fingerprint density at radius 2 is 1.39 bits per heavy atom. The highest BCUT2D eigenvalue weighted by Gasteiger charge is 2.34. The van der Waals surface area contributed by atoms with Crippen molar-refractivity contribution in [2.75, 3.05) is 59.4 Å². The van der Waals surface area contributed by atoms with Gasteiger partial charge < -0.3 is 9.80 Å². The van der Waals surface area contributed by atoms with Crippen LogP contribution in [-0.4, -0.2) is 92.1 Å². The van der Waals surface area contributed by atoms with Crippen LogP contribution in [0.3, 0.4) is 0 Å². The van der Waals surface area contributed by atoms with Gasteiger partial charge in [-0.05, 0) is 19.4 Å². The van der Waals surface area contributed by atoms with Gasteiger partial charge in [-0.3, -0.25) is 4.79 Å². The first-order valence-electron chi connectivity index (χ1n) is 8.52. The molecule has 8 heteroatoms. The van der Waals surface area contributed by atoms with E-state index in [1.54, 1.807) is 9.21 Å². The van der Waals surface area contributed by atoms with Gasteiger partial charge in [0.2, 0.25) is 5.91 Å². The topological polar surface area (TPSA) is 64.2 Å². The van der Waals surface area contributed by atoms with Gasteiger partial charge in [-0.25, -0.2) is 0 Å². The molecule has 134 valence electrons. The van der Waals surface area contributed by atoms with Crippen LogP contribution in [0.15, 0.2) is 0 Å². The zero-order valence-corrected chi connectivity index (χ0v) is 15.4. The Morgan fingerprint density at radius 3 is 1.87 bits per heavy atom. The van der Waals surface area contributed by atoms with Crippen LogP contribution in [0.2, 0.25) is 0 Å². The Balaban J connectivity index is 1.84. The van der Waals surface area contributed by atoms with Gasteiger partial charge in [0.05, 0.1) is 0 Å². The normalized spacial score (nSPS) is 22.7. The van der Waals surface area contributed by atoms with Gasteiger partial charge in [-0.1, -0.05) is 13.8 Å². The molecule has 0 saturated carbocycles. The molecule has 2 aliphatic heterocycles. The summed E-state index contributed by atoms with van der Waals surface area (Å²) in [6, 6.07) is 0. The van der Waals surface area contributed by atoms with E-state index in [-0.39, 0.29) is 5.91 Å². The number of amides is 1. The smallest absolute Gasteiger partial charge is 0.282 e. The third kappa shape index (κ3) is 4.89. The fourth-order valence-corrected chi connectivity index (χ4v) is 4.50. The fourth-order valence-electron chi connectivity index (χ4n) is 2.92. The standard InChI is InChI=1S/C15H30N4O3S/c1-14(2)4-5-15(20)17-8-12-19(13-9-17)23(21,22)18-10-6-16(3)7-11-18/h14H,4-13H2,1-3H3. The van der Waals surface area contributed by atoms with E-state index >= 15 is 0 Å². The summed E-state index contributed by atoms with van der Waals surface area (Å²) in [5, 5.41) is 0. The lowest BCUT2D eigenvalue weighted by Crippen LogP contribution is -2.57. The minimum absolute atomic E-state index is 0.148. The molecule has 0 aromatic rings. The van der Waals surface area contributed by atoms with Crippen molar-refractivity contribution in [3.63, 3.8) is 0 Å². The predicted octanol–water partition coefficient (Wildman–Crippen LogP) is 0.0590. The van der Waals surface area contributed by atoms with Crippen LogP contribution in [0, 0.1) is 5.92 Å². The maximum absolute atomic E-state index is 12.7. The van der Waals surface area contributed by atoms with Gasteiger partial charge in [0.15, 0.2) is 0 Å². The van der Waals surface area contributed by atoms with E-state index in [0.717, 1.165) is 19.5 Å². The highest BCUT2D eigenvalue weighted by molar-refractivity contribution is 7.86. The van der Waals surface area contributed by atoms with Crippen LogP contribution in [0.4, 0.5) is 0 Å².